The van der Waals surface area contributed by atoms with Crippen LogP contribution >= 0.6 is 0 Å². The molecule has 12 heteroatoms. The van der Waals surface area contributed by atoms with Gasteiger partial charge in [-0.05, 0) is 46.5 Å². The zero-order valence-electron chi connectivity index (χ0n) is 20.3. The minimum absolute atomic E-state index is 0.0401. The molecule has 0 bridgehead atoms. The number of hydrogen-bond donors (Lipinski definition) is 0. The molecule has 0 N–H and O–H groups in total. The smallest absolute Gasteiger partial charge is 0.310 e. The van der Waals surface area contributed by atoms with Gasteiger partial charge in [-0.15, -0.1) is 0 Å². The molecule has 2 unspecified atom stereocenters. The van der Waals surface area contributed by atoms with Crippen LogP contribution in [0.4, 0.5) is 0 Å². The maximum absolute atomic E-state index is 13.1. The SMILES string of the molecule is CCOC(=O)C1CCCN(C(=O)CN(C)C(=O)C2CCCN(S(=O)(=O)c3c(C)noc3C)C2)C1. The summed E-state index contributed by atoms with van der Waals surface area (Å²) in [5.74, 6) is -1.48. The van der Waals surface area contributed by atoms with Crippen LogP contribution in [0.5, 0.6) is 0 Å². The number of carbonyl (C=O) groups is 3. The summed E-state index contributed by atoms with van der Waals surface area (Å²) in [5.41, 5.74) is 0.288. The van der Waals surface area contributed by atoms with Crippen LogP contribution in [0.3, 0.4) is 0 Å². The molecule has 0 aromatic carbocycles. The first-order valence-corrected chi connectivity index (χ1v) is 13.1. The summed E-state index contributed by atoms with van der Waals surface area (Å²) in [6.45, 7) is 6.20. The molecule has 2 aliphatic rings. The molecule has 3 heterocycles. The summed E-state index contributed by atoms with van der Waals surface area (Å²) >= 11 is 0. The van der Waals surface area contributed by atoms with Gasteiger partial charge in [0.1, 0.15) is 10.6 Å². The lowest BCUT2D eigenvalue weighted by Gasteiger charge is -2.35. The number of rotatable bonds is 7. The molecule has 2 amide bonds. The van der Waals surface area contributed by atoms with E-state index in [0.717, 1.165) is 0 Å². The van der Waals surface area contributed by atoms with Crippen molar-refractivity contribution >= 4 is 27.8 Å². The van der Waals surface area contributed by atoms with Gasteiger partial charge in [-0.3, -0.25) is 14.4 Å². The number of nitrogens with zero attached hydrogens (tertiary/aromatic N) is 4. The lowest BCUT2D eigenvalue weighted by atomic mass is 9.97. The van der Waals surface area contributed by atoms with Crippen molar-refractivity contribution in [3.8, 4) is 0 Å². The number of aromatic nitrogens is 1. The van der Waals surface area contributed by atoms with E-state index in [4.69, 9.17) is 9.26 Å². The van der Waals surface area contributed by atoms with Crippen molar-refractivity contribution in [3.63, 3.8) is 0 Å². The van der Waals surface area contributed by atoms with Gasteiger partial charge < -0.3 is 19.1 Å². The number of ether oxygens (including phenoxy) is 1. The Balaban J connectivity index is 1.61. The second-order valence-corrected chi connectivity index (χ2v) is 10.9. The van der Waals surface area contributed by atoms with E-state index in [1.54, 1.807) is 32.7 Å². The molecule has 1 aromatic heterocycles. The lowest BCUT2D eigenvalue weighted by molar-refractivity contribution is -0.152. The fraction of sp³-hybridized carbons (Fsp3) is 0.727. The quantitative estimate of drug-likeness (QED) is 0.508. The van der Waals surface area contributed by atoms with Crippen molar-refractivity contribution in [2.24, 2.45) is 11.8 Å². The van der Waals surface area contributed by atoms with Gasteiger partial charge >= 0.3 is 5.97 Å². The molecule has 2 saturated heterocycles. The summed E-state index contributed by atoms with van der Waals surface area (Å²) < 4.78 is 37.7. The topological polar surface area (TPSA) is 130 Å². The third-order valence-corrected chi connectivity index (χ3v) is 8.55. The number of sulfonamides is 1. The highest BCUT2D eigenvalue weighted by molar-refractivity contribution is 7.89. The zero-order chi connectivity index (χ0) is 25.0. The first-order valence-electron chi connectivity index (χ1n) is 11.7. The number of amides is 2. The molecular weight excluding hydrogens is 464 g/mol. The first kappa shape index (κ1) is 26.1. The number of likely N-dealkylation sites (tertiary alicyclic amines) is 1. The Hall–Kier alpha value is -2.47. The Labute approximate surface area is 200 Å². The number of piperidine rings is 2. The molecule has 0 saturated carbocycles. The van der Waals surface area contributed by atoms with E-state index in [1.807, 2.05) is 0 Å². The van der Waals surface area contributed by atoms with Crippen LogP contribution in [0.15, 0.2) is 9.42 Å². The van der Waals surface area contributed by atoms with Crippen molar-refractivity contribution < 1.29 is 32.1 Å². The maximum atomic E-state index is 13.1. The largest absolute Gasteiger partial charge is 0.466 e. The van der Waals surface area contributed by atoms with Crippen molar-refractivity contribution in [1.82, 2.24) is 19.3 Å². The average Bonchev–Trinajstić information content (AvgIpc) is 3.17. The fourth-order valence-electron chi connectivity index (χ4n) is 4.68. The zero-order valence-corrected chi connectivity index (χ0v) is 21.1. The number of carbonyl (C=O) groups excluding carboxylic acids is 3. The van der Waals surface area contributed by atoms with Crippen molar-refractivity contribution in [2.45, 2.75) is 51.3 Å². The third kappa shape index (κ3) is 5.60. The van der Waals surface area contributed by atoms with Crippen molar-refractivity contribution in [3.05, 3.63) is 11.5 Å². The van der Waals surface area contributed by atoms with Gasteiger partial charge in [0.2, 0.25) is 21.8 Å². The molecule has 0 radical (unpaired) electrons. The Kier molecular flexibility index (Phi) is 8.34. The number of esters is 1. The molecule has 34 heavy (non-hydrogen) atoms. The van der Waals surface area contributed by atoms with E-state index in [0.29, 0.717) is 45.4 Å². The van der Waals surface area contributed by atoms with E-state index in [1.165, 1.54) is 9.21 Å². The molecule has 11 nitrogen and oxygen atoms in total. The monoisotopic (exact) mass is 498 g/mol. The molecule has 0 aliphatic carbocycles. The average molecular weight is 499 g/mol. The van der Waals surface area contributed by atoms with Crippen LogP contribution in [-0.4, -0.2) is 91.8 Å². The van der Waals surface area contributed by atoms with Crippen LogP contribution in [0.25, 0.3) is 0 Å². The minimum Gasteiger partial charge on any atom is -0.466 e. The molecule has 2 aliphatic heterocycles. The second kappa shape index (κ2) is 10.9. The van der Waals surface area contributed by atoms with Crippen LogP contribution in [0, 0.1) is 25.7 Å². The van der Waals surface area contributed by atoms with Crippen LogP contribution in [0.2, 0.25) is 0 Å². The van der Waals surface area contributed by atoms with E-state index < -0.39 is 15.9 Å². The second-order valence-electron chi connectivity index (χ2n) is 8.98. The Bertz CT molecular complexity index is 1000. The number of hydrogen-bond acceptors (Lipinski definition) is 8. The molecule has 2 atom stereocenters. The third-order valence-electron chi connectivity index (χ3n) is 6.44. The van der Waals surface area contributed by atoms with Gasteiger partial charge in [0.05, 0.1) is 25.0 Å². The molecule has 2 fully saturated rings. The predicted octanol–water partition coefficient (Wildman–Crippen LogP) is 0.952. The Morgan fingerprint density at radius 3 is 2.44 bits per heavy atom. The number of likely N-dealkylation sites (N-methyl/N-ethyl adjacent to an activating group) is 1. The Morgan fingerprint density at radius 1 is 1.12 bits per heavy atom. The summed E-state index contributed by atoms with van der Waals surface area (Å²) in [6, 6.07) is 0. The fourth-order valence-corrected chi connectivity index (χ4v) is 6.50. The van der Waals surface area contributed by atoms with Crippen LogP contribution < -0.4 is 0 Å². The molecular formula is C22H34N4O7S. The molecule has 1 aromatic rings. The first-order chi connectivity index (χ1) is 16.1. The van der Waals surface area contributed by atoms with Crippen LogP contribution in [0.1, 0.15) is 44.1 Å². The summed E-state index contributed by atoms with van der Waals surface area (Å²) in [4.78, 5) is 41.0. The number of aryl methyl sites for hydroxylation is 2. The van der Waals surface area contributed by atoms with Gasteiger partial charge in [0.25, 0.3) is 0 Å². The van der Waals surface area contributed by atoms with Gasteiger partial charge in [-0.1, -0.05) is 5.16 Å². The highest BCUT2D eigenvalue weighted by Crippen LogP contribution is 2.28. The van der Waals surface area contributed by atoms with Gasteiger partial charge in [0, 0.05) is 33.2 Å². The van der Waals surface area contributed by atoms with Gasteiger partial charge in [-0.2, -0.15) is 4.31 Å². The standard InChI is InChI=1S/C22H34N4O7S/c1-5-32-22(29)18-9-6-10-25(12-18)19(27)14-24(4)21(28)17-8-7-11-26(13-17)34(30,31)20-15(2)23-33-16(20)3/h17-18H,5-14H2,1-4H3. The summed E-state index contributed by atoms with van der Waals surface area (Å²) in [7, 11) is -2.29. The van der Waals surface area contributed by atoms with E-state index >= 15 is 0 Å². The summed E-state index contributed by atoms with van der Waals surface area (Å²) in [5, 5.41) is 3.74. The molecule has 3 rings (SSSR count). The van der Waals surface area contributed by atoms with Crippen molar-refractivity contribution in [2.75, 3.05) is 46.4 Å². The summed E-state index contributed by atoms with van der Waals surface area (Å²) in [6.07, 6.45) is 2.45. The highest BCUT2D eigenvalue weighted by atomic mass is 32.2. The van der Waals surface area contributed by atoms with E-state index in [9.17, 15) is 22.8 Å². The normalized spacial score (nSPS) is 21.8. The Morgan fingerprint density at radius 2 is 1.79 bits per heavy atom. The molecule has 0 spiro atoms. The predicted molar refractivity (Wildman–Crippen MR) is 121 cm³/mol. The van der Waals surface area contributed by atoms with Crippen molar-refractivity contribution in [1.29, 1.82) is 0 Å². The minimum atomic E-state index is -3.84. The lowest BCUT2D eigenvalue weighted by Crippen LogP contribution is -2.50. The van der Waals surface area contributed by atoms with Gasteiger partial charge in [0.15, 0.2) is 5.76 Å². The van der Waals surface area contributed by atoms with E-state index in [2.05, 4.69) is 5.16 Å². The highest BCUT2D eigenvalue weighted by Gasteiger charge is 2.38. The van der Waals surface area contributed by atoms with E-state index in [-0.39, 0.29) is 59.7 Å². The van der Waals surface area contributed by atoms with Gasteiger partial charge in [-0.25, -0.2) is 8.42 Å². The maximum Gasteiger partial charge on any atom is 0.310 e. The van der Waals surface area contributed by atoms with Crippen LogP contribution in [-0.2, 0) is 29.1 Å². The molecule has 190 valence electrons.